The number of carbonyl (C=O) groups excluding carboxylic acids is 3. The van der Waals surface area contributed by atoms with Crippen LogP contribution in [0.2, 0.25) is 0 Å². The van der Waals surface area contributed by atoms with Crippen molar-refractivity contribution in [3.05, 3.63) is 73.7 Å². The number of benzene rings is 2. The highest BCUT2D eigenvalue weighted by atomic mass is 19.1. The Balaban J connectivity index is 1.17. The second-order valence-electron chi connectivity index (χ2n) is 12.5. The van der Waals surface area contributed by atoms with Crippen LogP contribution in [-0.4, -0.2) is 55.9 Å². The normalized spacial score (nSPS) is 18.1. The van der Waals surface area contributed by atoms with Crippen molar-refractivity contribution in [1.29, 1.82) is 0 Å². The molecule has 0 radical (unpaired) electrons. The molecule has 4 amide bonds. The summed E-state index contributed by atoms with van der Waals surface area (Å²) in [6, 6.07) is 6.72. The van der Waals surface area contributed by atoms with E-state index in [9.17, 15) is 24.0 Å². The second-order valence-corrected chi connectivity index (χ2v) is 12.5. The van der Waals surface area contributed by atoms with Crippen LogP contribution in [0.4, 0.5) is 14.9 Å². The zero-order valence-electron chi connectivity index (χ0n) is 25.2. The number of urea groups is 1. The number of fused-ring (bicyclic) bond motifs is 2. The van der Waals surface area contributed by atoms with E-state index in [1.54, 1.807) is 30.9 Å². The topological polar surface area (TPSA) is 126 Å². The molecule has 1 saturated carbocycles. The van der Waals surface area contributed by atoms with Gasteiger partial charge in [0, 0.05) is 63.4 Å². The van der Waals surface area contributed by atoms with Crippen LogP contribution in [0.5, 0.6) is 0 Å². The fourth-order valence-corrected chi connectivity index (χ4v) is 6.21. The van der Waals surface area contributed by atoms with Crippen molar-refractivity contribution in [1.82, 2.24) is 24.3 Å². The maximum Gasteiger partial charge on any atom is 0.331 e. The molecule has 1 saturated heterocycles. The lowest BCUT2D eigenvalue weighted by Crippen LogP contribution is -2.50. The van der Waals surface area contributed by atoms with Gasteiger partial charge in [-0.05, 0) is 74.8 Å². The second kappa shape index (κ2) is 11.5. The van der Waals surface area contributed by atoms with E-state index < -0.39 is 23.1 Å². The van der Waals surface area contributed by atoms with E-state index in [0.29, 0.717) is 44.6 Å². The van der Waals surface area contributed by atoms with Gasteiger partial charge in [0.05, 0.1) is 16.6 Å². The highest BCUT2D eigenvalue weighted by molar-refractivity contribution is 5.95. The van der Waals surface area contributed by atoms with Crippen LogP contribution in [0.25, 0.3) is 10.9 Å². The molecule has 12 heteroatoms. The summed E-state index contributed by atoms with van der Waals surface area (Å²) in [5.41, 5.74) is 1.55. The maximum atomic E-state index is 15.3. The first-order chi connectivity index (χ1) is 21.0. The van der Waals surface area contributed by atoms with Crippen molar-refractivity contribution in [2.45, 2.75) is 78.2 Å². The summed E-state index contributed by atoms with van der Waals surface area (Å²) in [5.74, 6) is -0.746. The Bertz CT molecular complexity index is 1790. The molecule has 0 spiro atoms. The minimum absolute atomic E-state index is 0.0159. The Hall–Kier alpha value is -4.48. The van der Waals surface area contributed by atoms with Gasteiger partial charge in [0.15, 0.2) is 0 Å². The predicted molar refractivity (Wildman–Crippen MR) is 163 cm³/mol. The molecule has 2 aromatic carbocycles. The quantitative estimate of drug-likeness (QED) is 0.445. The zero-order valence-corrected chi connectivity index (χ0v) is 25.2. The molecule has 0 unspecified atom stereocenters. The summed E-state index contributed by atoms with van der Waals surface area (Å²) >= 11 is 0. The van der Waals surface area contributed by atoms with Crippen molar-refractivity contribution in [2.24, 2.45) is 5.92 Å². The monoisotopic (exact) mass is 604 g/mol. The summed E-state index contributed by atoms with van der Waals surface area (Å²) in [6.07, 6.45) is 3.24. The Morgan fingerprint density at radius 3 is 2.45 bits per heavy atom. The molecule has 1 aliphatic carbocycles. The third-order valence-electron chi connectivity index (χ3n) is 8.83. The molecule has 1 atom stereocenters. The van der Waals surface area contributed by atoms with E-state index in [-0.39, 0.29) is 53.0 Å². The van der Waals surface area contributed by atoms with Crippen LogP contribution in [0.15, 0.2) is 39.9 Å². The largest absolute Gasteiger partial charge is 0.348 e. The number of halogens is 1. The van der Waals surface area contributed by atoms with Gasteiger partial charge in [-0.1, -0.05) is 6.07 Å². The number of anilines is 1. The van der Waals surface area contributed by atoms with Crippen LogP contribution >= 0.6 is 0 Å². The molecule has 3 aliphatic rings. The van der Waals surface area contributed by atoms with Gasteiger partial charge in [-0.2, -0.15) is 0 Å². The number of nitrogens with zero attached hydrogens (tertiary/aromatic N) is 4. The van der Waals surface area contributed by atoms with Gasteiger partial charge in [0.2, 0.25) is 5.91 Å². The maximum absolute atomic E-state index is 15.3. The van der Waals surface area contributed by atoms with Crippen LogP contribution in [-0.2, 0) is 24.4 Å². The average Bonchev–Trinajstić information content (AvgIpc) is 3.70. The van der Waals surface area contributed by atoms with Crippen LogP contribution in [0.1, 0.15) is 74.0 Å². The highest BCUT2D eigenvalue weighted by Gasteiger charge is 2.29. The Morgan fingerprint density at radius 1 is 1.00 bits per heavy atom. The zero-order chi connectivity index (χ0) is 31.3. The average molecular weight is 605 g/mol. The Labute approximate surface area is 253 Å². The summed E-state index contributed by atoms with van der Waals surface area (Å²) in [7, 11) is 0. The summed E-state index contributed by atoms with van der Waals surface area (Å²) in [4.78, 5) is 67.8. The van der Waals surface area contributed by atoms with Crippen LogP contribution in [0.3, 0.4) is 0 Å². The lowest BCUT2D eigenvalue weighted by Gasteiger charge is -2.33. The smallest absolute Gasteiger partial charge is 0.331 e. The number of piperidine rings is 1. The van der Waals surface area contributed by atoms with Crippen LogP contribution in [0, 0.1) is 11.7 Å². The van der Waals surface area contributed by atoms with Crippen molar-refractivity contribution >= 4 is 34.4 Å². The van der Waals surface area contributed by atoms with E-state index in [1.807, 2.05) is 6.07 Å². The number of carbonyl (C=O) groups is 3. The molecule has 11 nitrogen and oxygen atoms in total. The summed E-state index contributed by atoms with van der Waals surface area (Å²) in [5, 5.41) is 5.79. The van der Waals surface area contributed by atoms with Gasteiger partial charge in [0.25, 0.3) is 11.5 Å². The SMILES string of the molecule is CC(=O)N1Cc2ccc(C(=O)N[C@@H]3CCCN(C(=O)Nc4cc5c(=O)n(CC6CC6)c(=O)n(C(C)C)c5cc4F)C3)cc2C1. The Morgan fingerprint density at radius 2 is 1.75 bits per heavy atom. The molecule has 2 aliphatic heterocycles. The van der Waals surface area contributed by atoms with Gasteiger partial charge in [0.1, 0.15) is 5.82 Å². The fraction of sp³-hybridized carbons (Fsp3) is 0.469. The molecule has 44 heavy (non-hydrogen) atoms. The summed E-state index contributed by atoms with van der Waals surface area (Å²) in [6.45, 7) is 7.11. The lowest BCUT2D eigenvalue weighted by molar-refractivity contribution is -0.129. The molecule has 2 fully saturated rings. The van der Waals surface area contributed by atoms with E-state index in [0.717, 1.165) is 30.0 Å². The first-order valence-corrected chi connectivity index (χ1v) is 15.2. The molecule has 6 rings (SSSR count). The number of hydrogen-bond donors (Lipinski definition) is 2. The van der Waals surface area contributed by atoms with Gasteiger partial charge in [-0.25, -0.2) is 14.0 Å². The number of hydrogen-bond acceptors (Lipinski definition) is 5. The molecule has 1 aromatic heterocycles. The standard InChI is InChI=1S/C32H37FN6O5/c1-18(2)39-28-13-26(33)27(12-25(28)30(42)38(32(39)44)14-20-6-7-20)35-31(43)36-10-4-5-24(17-36)34-29(41)21-8-9-22-15-37(19(3)40)16-23(22)11-21/h8-9,11-13,18,20,24H,4-7,10,14-17H2,1-3H3,(H,34,41)(H,35,43)/t24-/m1/s1. The summed E-state index contributed by atoms with van der Waals surface area (Å²) < 4.78 is 18.0. The minimum atomic E-state index is -0.749. The van der Waals surface area contributed by atoms with Crippen LogP contribution < -0.4 is 21.9 Å². The molecule has 3 aromatic rings. The third-order valence-corrected chi connectivity index (χ3v) is 8.83. The first kappa shape index (κ1) is 29.6. The number of rotatable bonds is 6. The molecule has 0 bridgehead atoms. The predicted octanol–water partition coefficient (Wildman–Crippen LogP) is 3.58. The molecular formula is C32H37FN6O5. The van der Waals surface area contributed by atoms with Gasteiger partial charge in [-0.3, -0.25) is 23.5 Å². The fourth-order valence-electron chi connectivity index (χ4n) is 6.21. The van der Waals surface area contributed by atoms with E-state index >= 15 is 4.39 Å². The molecule has 232 valence electrons. The molecule has 2 N–H and O–H groups in total. The van der Waals surface area contributed by atoms with E-state index in [4.69, 9.17) is 0 Å². The van der Waals surface area contributed by atoms with Gasteiger partial charge in [-0.15, -0.1) is 0 Å². The van der Waals surface area contributed by atoms with Gasteiger partial charge < -0.3 is 20.4 Å². The molecular weight excluding hydrogens is 567 g/mol. The number of likely N-dealkylation sites (tertiary alicyclic amines) is 1. The van der Waals surface area contributed by atoms with E-state index in [2.05, 4.69) is 10.6 Å². The number of nitrogens with one attached hydrogen (secondary N) is 2. The van der Waals surface area contributed by atoms with Crippen molar-refractivity contribution in [3.8, 4) is 0 Å². The lowest BCUT2D eigenvalue weighted by atomic mass is 10.0. The Kier molecular flexibility index (Phi) is 7.77. The van der Waals surface area contributed by atoms with Crippen molar-refractivity contribution < 1.29 is 18.8 Å². The molecule has 3 heterocycles. The van der Waals surface area contributed by atoms with Gasteiger partial charge >= 0.3 is 11.7 Å². The number of aromatic nitrogens is 2. The van der Waals surface area contributed by atoms with Crippen molar-refractivity contribution in [2.75, 3.05) is 18.4 Å². The minimum Gasteiger partial charge on any atom is -0.348 e. The van der Waals surface area contributed by atoms with Crippen molar-refractivity contribution in [3.63, 3.8) is 0 Å². The first-order valence-electron chi connectivity index (χ1n) is 15.2. The van der Waals surface area contributed by atoms with E-state index in [1.165, 1.54) is 27.0 Å². The third kappa shape index (κ3) is 5.72. The highest BCUT2D eigenvalue weighted by Crippen LogP contribution is 2.30. The number of amides is 4.